The van der Waals surface area contributed by atoms with E-state index < -0.39 is 54.8 Å². The van der Waals surface area contributed by atoms with E-state index in [0.717, 1.165) is 0 Å². The van der Waals surface area contributed by atoms with Crippen LogP contribution in [0.3, 0.4) is 0 Å². The summed E-state index contributed by atoms with van der Waals surface area (Å²) >= 11 is 0. The summed E-state index contributed by atoms with van der Waals surface area (Å²) in [6.07, 6.45) is -7.58. The highest BCUT2D eigenvalue weighted by Crippen LogP contribution is 2.40. The van der Waals surface area contributed by atoms with E-state index in [4.69, 9.17) is 37.9 Å². The highest BCUT2D eigenvalue weighted by molar-refractivity contribution is 5.67. The van der Waals surface area contributed by atoms with Gasteiger partial charge in [0.15, 0.2) is 24.6 Å². The maximum Gasteiger partial charge on any atom is 0.415 e. The van der Waals surface area contributed by atoms with E-state index in [-0.39, 0.29) is 12.7 Å². The van der Waals surface area contributed by atoms with Crippen LogP contribution in [0.1, 0.15) is 34.6 Å². The van der Waals surface area contributed by atoms with E-state index >= 15 is 0 Å². The molecule has 0 aromatic carbocycles. The van der Waals surface area contributed by atoms with Crippen molar-refractivity contribution in [2.45, 2.75) is 77.6 Å². The first-order valence-corrected chi connectivity index (χ1v) is 8.78. The van der Waals surface area contributed by atoms with Crippen molar-refractivity contribution in [3.63, 3.8) is 0 Å². The summed E-state index contributed by atoms with van der Waals surface area (Å²) in [6, 6.07) is 0. The van der Waals surface area contributed by atoms with Gasteiger partial charge < -0.3 is 28.4 Å². The molecule has 0 saturated carbocycles. The molecule has 0 amide bonds. The van der Waals surface area contributed by atoms with Gasteiger partial charge in [-0.05, 0) is 13.8 Å². The molecule has 2 heterocycles. The van der Waals surface area contributed by atoms with E-state index in [2.05, 4.69) is 0 Å². The van der Waals surface area contributed by atoms with Crippen LogP contribution in [-0.2, 0) is 52.3 Å². The SMILES string of the molecule is COC1(OC(C)C)O[C@H]2O[C@H](COC(C)=O)[C@@H](OC(C)=O)[C@H](OC(C)=O)[C@H]2O1. The van der Waals surface area contributed by atoms with E-state index in [0.29, 0.717) is 0 Å². The molecule has 1 unspecified atom stereocenters. The number of carbonyl (C=O) groups excluding carboxylic acids is 3. The van der Waals surface area contributed by atoms with Crippen LogP contribution in [0, 0.1) is 0 Å². The van der Waals surface area contributed by atoms with Crippen LogP contribution in [-0.4, -0.2) is 74.6 Å². The molecule has 0 aromatic heterocycles. The zero-order valence-electron chi connectivity index (χ0n) is 16.7. The van der Waals surface area contributed by atoms with Crippen molar-refractivity contribution in [1.29, 1.82) is 0 Å². The Bertz CT molecular complexity index is 592. The quantitative estimate of drug-likeness (QED) is 0.328. The van der Waals surface area contributed by atoms with Crippen molar-refractivity contribution in [2.75, 3.05) is 13.7 Å². The van der Waals surface area contributed by atoms with Crippen LogP contribution in [0.4, 0.5) is 0 Å². The predicted octanol–water partition coefficient (Wildman–Crippen LogP) is 0.236. The molecule has 0 spiro atoms. The Hall–Kier alpha value is -1.79. The fraction of sp³-hybridized carbons (Fsp3) is 0.824. The molecule has 6 atom stereocenters. The van der Waals surface area contributed by atoms with Gasteiger partial charge in [-0.25, -0.2) is 0 Å². The summed E-state index contributed by atoms with van der Waals surface area (Å²) in [5, 5.41) is 0. The molecule has 28 heavy (non-hydrogen) atoms. The van der Waals surface area contributed by atoms with Gasteiger partial charge in [0.1, 0.15) is 12.7 Å². The molecule has 2 rings (SSSR count). The number of hydrogen-bond donors (Lipinski definition) is 0. The van der Waals surface area contributed by atoms with Gasteiger partial charge in [0.25, 0.3) is 0 Å². The Kier molecular flexibility index (Phi) is 7.34. The lowest BCUT2D eigenvalue weighted by molar-refractivity contribution is -0.478. The Morgan fingerprint density at radius 3 is 2.07 bits per heavy atom. The molecule has 0 N–H and O–H groups in total. The average Bonchev–Trinajstić information content (AvgIpc) is 2.92. The molecular weight excluding hydrogens is 380 g/mol. The lowest BCUT2D eigenvalue weighted by Crippen LogP contribution is -2.60. The number of ether oxygens (including phenoxy) is 8. The second kappa shape index (κ2) is 9.14. The van der Waals surface area contributed by atoms with Crippen molar-refractivity contribution < 1.29 is 52.3 Å². The molecule has 0 aromatic rings. The van der Waals surface area contributed by atoms with Crippen molar-refractivity contribution >= 4 is 17.9 Å². The number of carbonyl (C=O) groups is 3. The van der Waals surface area contributed by atoms with Crippen LogP contribution in [0.2, 0.25) is 0 Å². The lowest BCUT2D eigenvalue weighted by Gasteiger charge is -2.40. The summed E-state index contributed by atoms with van der Waals surface area (Å²) in [6.45, 7) is 6.82. The number of methoxy groups -OCH3 is 1. The van der Waals surface area contributed by atoms with Gasteiger partial charge in [-0.3, -0.25) is 23.9 Å². The fourth-order valence-electron chi connectivity index (χ4n) is 2.92. The average molecular weight is 406 g/mol. The van der Waals surface area contributed by atoms with Gasteiger partial charge in [-0.2, -0.15) is 0 Å². The summed E-state index contributed by atoms with van der Waals surface area (Å²) in [5.74, 6) is -1.85. The summed E-state index contributed by atoms with van der Waals surface area (Å²) in [5.41, 5.74) is 0. The van der Waals surface area contributed by atoms with Crippen molar-refractivity contribution in [1.82, 2.24) is 0 Å². The molecule has 11 heteroatoms. The van der Waals surface area contributed by atoms with Gasteiger partial charge >= 0.3 is 24.1 Å². The highest BCUT2D eigenvalue weighted by Gasteiger charge is 2.62. The van der Waals surface area contributed by atoms with Gasteiger partial charge in [0.05, 0.1) is 6.10 Å². The van der Waals surface area contributed by atoms with Crippen LogP contribution >= 0.6 is 0 Å². The minimum absolute atomic E-state index is 0.261. The number of esters is 3. The third-order valence-electron chi connectivity index (χ3n) is 3.82. The lowest BCUT2D eigenvalue weighted by atomic mass is 9.98. The van der Waals surface area contributed by atoms with Gasteiger partial charge in [0.2, 0.25) is 0 Å². The van der Waals surface area contributed by atoms with Crippen molar-refractivity contribution in [2.24, 2.45) is 0 Å². The highest BCUT2D eigenvalue weighted by atomic mass is 17.1. The molecule has 0 bridgehead atoms. The minimum Gasteiger partial charge on any atom is -0.463 e. The maximum atomic E-state index is 11.7. The predicted molar refractivity (Wildman–Crippen MR) is 88.3 cm³/mol. The summed E-state index contributed by atoms with van der Waals surface area (Å²) < 4.78 is 43.6. The van der Waals surface area contributed by atoms with E-state index in [1.165, 1.54) is 27.9 Å². The van der Waals surface area contributed by atoms with E-state index in [1.807, 2.05) is 0 Å². The Morgan fingerprint density at radius 1 is 0.964 bits per heavy atom. The van der Waals surface area contributed by atoms with E-state index in [9.17, 15) is 14.4 Å². The first-order chi connectivity index (χ1) is 13.1. The van der Waals surface area contributed by atoms with Crippen LogP contribution in [0.25, 0.3) is 0 Å². The zero-order valence-corrected chi connectivity index (χ0v) is 16.7. The van der Waals surface area contributed by atoms with Gasteiger partial charge in [-0.15, -0.1) is 0 Å². The van der Waals surface area contributed by atoms with Crippen LogP contribution < -0.4 is 0 Å². The second-order valence-corrected chi connectivity index (χ2v) is 6.56. The first-order valence-electron chi connectivity index (χ1n) is 8.78. The molecule has 2 saturated heterocycles. The Balaban J connectivity index is 2.33. The molecular formula is C17H26O11. The molecule has 0 radical (unpaired) electrons. The third-order valence-corrected chi connectivity index (χ3v) is 3.82. The summed E-state index contributed by atoms with van der Waals surface area (Å²) in [7, 11) is 1.31. The van der Waals surface area contributed by atoms with Gasteiger partial charge in [-0.1, -0.05) is 0 Å². The normalized spacial score (nSPS) is 34.6. The second-order valence-electron chi connectivity index (χ2n) is 6.56. The molecule has 160 valence electrons. The standard InChI is InChI=1S/C17H26O11/c1-8(2)26-17(21-6)27-15-14(24-11(5)20)13(23-10(4)19)12(7-22-9(3)18)25-16(15)28-17/h8,12-16H,7H2,1-6H3/t12-,13-,14+,15-,16-,17?/m1/s1. The van der Waals surface area contributed by atoms with Crippen molar-refractivity contribution in [3.8, 4) is 0 Å². The molecule has 2 aliphatic heterocycles. The molecule has 0 aliphatic carbocycles. The molecule has 2 fully saturated rings. The third kappa shape index (κ3) is 5.39. The number of rotatable bonds is 7. The largest absolute Gasteiger partial charge is 0.463 e. The molecule has 2 aliphatic rings. The Labute approximate surface area is 162 Å². The van der Waals surface area contributed by atoms with Crippen LogP contribution in [0.15, 0.2) is 0 Å². The van der Waals surface area contributed by atoms with Gasteiger partial charge in [0, 0.05) is 27.9 Å². The summed E-state index contributed by atoms with van der Waals surface area (Å²) in [4.78, 5) is 34.5. The molecule has 11 nitrogen and oxygen atoms in total. The monoisotopic (exact) mass is 406 g/mol. The topological polar surface area (TPSA) is 125 Å². The van der Waals surface area contributed by atoms with Crippen molar-refractivity contribution in [3.05, 3.63) is 0 Å². The number of fused-ring (bicyclic) bond motifs is 1. The first kappa shape index (κ1) is 22.5. The van der Waals surface area contributed by atoms with Crippen LogP contribution in [0.5, 0.6) is 0 Å². The zero-order chi connectivity index (χ0) is 21.1. The fourth-order valence-corrected chi connectivity index (χ4v) is 2.92. The number of hydrogen-bond acceptors (Lipinski definition) is 11. The van der Waals surface area contributed by atoms with E-state index in [1.54, 1.807) is 13.8 Å². The minimum atomic E-state index is -1.90. The maximum absolute atomic E-state index is 11.7. The smallest absolute Gasteiger partial charge is 0.415 e. The Morgan fingerprint density at radius 2 is 1.57 bits per heavy atom.